The monoisotopic (exact) mass is 276 g/mol. The van der Waals surface area contributed by atoms with Crippen LogP contribution in [0.1, 0.15) is 40.4 Å². The SMILES string of the molecule is COCc1ccoc1C(=O)Nc1nc2c(o1)CCCC2. The Bertz CT molecular complexity index is 591. The quantitative estimate of drug-likeness (QED) is 0.928. The van der Waals surface area contributed by atoms with E-state index in [2.05, 4.69) is 10.3 Å². The molecule has 0 fully saturated rings. The van der Waals surface area contributed by atoms with Crippen LogP contribution in [0.3, 0.4) is 0 Å². The Morgan fingerprint density at radius 2 is 2.30 bits per heavy atom. The molecule has 0 unspecified atom stereocenters. The van der Waals surface area contributed by atoms with Gasteiger partial charge >= 0.3 is 6.01 Å². The summed E-state index contributed by atoms with van der Waals surface area (Å²) in [6.07, 6.45) is 5.47. The van der Waals surface area contributed by atoms with Crippen LogP contribution in [-0.2, 0) is 24.2 Å². The number of aryl methyl sites for hydroxylation is 2. The van der Waals surface area contributed by atoms with Crippen molar-refractivity contribution >= 4 is 11.9 Å². The van der Waals surface area contributed by atoms with Crippen molar-refractivity contribution in [1.82, 2.24) is 4.98 Å². The summed E-state index contributed by atoms with van der Waals surface area (Å²) in [6, 6.07) is 1.94. The second-order valence-corrected chi connectivity index (χ2v) is 4.76. The molecule has 0 atom stereocenters. The Morgan fingerprint density at radius 1 is 1.45 bits per heavy atom. The zero-order chi connectivity index (χ0) is 13.9. The van der Waals surface area contributed by atoms with Crippen LogP contribution < -0.4 is 5.32 Å². The summed E-state index contributed by atoms with van der Waals surface area (Å²) >= 11 is 0. The van der Waals surface area contributed by atoms with E-state index in [1.54, 1.807) is 13.2 Å². The van der Waals surface area contributed by atoms with Gasteiger partial charge in [0, 0.05) is 19.1 Å². The summed E-state index contributed by atoms with van der Waals surface area (Å²) < 4.78 is 15.8. The van der Waals surface area contributed by atoms with E-state index < -0.39 is 0 Å². The maximum absolute atomic E-state index is 12.1. The number of fused-ring (bicyclic) bond motifs is 1. The first-order valence-electron chi connectivity index (χ1n) is 6.63. The highest BCUT2D eigenvalue weighted by atomic mass is 16.5. The third-order valence-corrected chi connectivity index (χ3v) is 3.32. The van der Waals surface area contributed by atoms with Crippen molar-refractivity contribution in [1.29, 1.82) is 0 Å². The molecule has 2 aromatic heterocycles. The van der Waals surface area contributed by atoms with Crippen molar-refractivity contribution in [2.24, 2.45) is 0 Å². The van der Waals surface area contributed by atoms with Crippen molar-refractivity contribution in [3.05, 3.63) is 35.1 Å². The number of methoxy groups -OCH3 is 1. The van der Waals surface area contributed by atoms with E-state index in [4.69, 9.17) is 13.6 Å². The van der Waals surface area contributed by atoms with Gasteiger partial charge in [0.2, 0.25) is 0 Å². The Labute approximate surface area is 116 Å². The molecule has 0 aromatic carbocycles. The second-order valence-electron chi connectivity index (χ2n) is 4.76. The topological polar surface area (TPSA) is 77.5 Å². The van der Waals surface area contributed by atoms with E-state index in [1.165, 1.54) is 6.26 Å². The summed E-state index contributed by atoms with van der Waals surface area (Å²) in [7, 11) is 1.57. The summed E-state index contributed by atoms with van der Waals surface area (Å²) in [6.45, 7) is 0.321. The third kappa shape index (κ3) is 2.46. The standard InChI is InChI=1S/C14H16N2O4/c1-18-8-9-6-7-19-12(9)13(17)16-14-15-10-4-2-3-5-11(10)20-14/h6-7H,2-5,8H2,1H3,(H,15,16,17). The van der Waals surface area contributed by atoms with Crippen molar-refractivity contribution < 1.29 is 18.4 Å². The number of carbonyl (C=O) groups excluding carboxylic acids is 1. The Morgan fingerprint density at radius 3 is 3.10 bits per heavy atom. The fraction of sp³-hybridized carbons (Fsp3) is 0.429. The molecule has 2 heterocycles. The molecule has 1 aliphatic carbocycles. The Hall–Kier alpha value is -2.08. The lowest BCUT2D eigenvalue weighted by molar-refractivity contribution is 0.0987. The van der Waals surface area contributed by atoms with Gasteiger partial charge in [0.05, 0.1) is 18.6 Å². The average molecular weight is 276 g/mol. The molecule has 1 aliphatic rings. The number of nitrogens with zero attached hydrogens (tertiary/aromatic N) is 1. The van der Waals surface area contributed by atoms with Crippen molar-refractivity contribution in [2.75, 3.05) is 12.4 Å². The molecular weight excluding hydrogens is 260 g/mol. The van der Waals surface area contributed by atoms with Gasteiger partial charge in [-0.2, -0.15) is 4.98 Å². The van der Waals surface area contributed by atoms with Crippen molar-refractivity contribution in [2.45, 2.75) is 32.3 Å². The van der Waals surface area contributed by atoms with Crippen LogP contribution in [0.4, 0.5) is 6.01 Å². The number of hydrogen-bond acceptors (Lipinski definition) is 5. The largest absolute Gasteiger partial charge is 0.459 e. The van der Waals surface area contributed by atoms with Gasteiger partial charge in [-0.25, -0.2) is 0 Å². The molecule has 0 radical (unpaired) electrons. The van der Waals surface area contributed by atoms with E-state index in [9.17, 15) is 4.79 Å². The minimum atomic E-state index is -0.374. The summed E-state index contributed by atoms with van der Waals surface area (Å²) in [5.74, 6) is 0.728. The molecule has 0 bridgehead atoms. The lowest BCUT2D eigenvalue weighted by Crippen LogP contribution is -2.13. The van der Waals surface area contributed by atoms with Crippen LogP contribution in [0.25, 0.3) is 0 Å². The number of oxazole rings is 1. The number of ether oxygens (including phenoxy) is 1. The molecule has 20 heavy (non-hydrogen) atoms. The Balaban J connectivity index is 1.75. The minimum absolute atomic E-state index is 0.225. The van der Waals surface area contributed by atoms with Crippen LogP contribution in [0.5, 0.6) is 0 Å². The number of anilines is 1. The zero-order valence-corrected chi connectivity index (χ0v) is 11.3. The molecular formula is C14H16N2O4. The molecule has 6 heteroatoms. The van der Waals surface area contributed by atoms with Gasteiger partial charge in [-0.3, -0.25) is 10.1 Å². The summed E-state index contributed by atoms with van der Waals surface area (Å²) in [5, 5.41) is 2.63. The number of hydrogen-bond donors (Lipinski definition) is 1. The van der Waals surface area contributed by atoms with Gasteiger partial charge in [0.15, 0.2) is 5.76 Å². The third-order valence-electron chi connectivity index (χ3n) is 3.32. The highest BCUT2D eigenvalue weighted by molar-refractivity contribution is 6.02. The molecule has 0 spiro atoms. The molecule has 106 valence electrons. The van der Waals surface area contributed by atoms with E-state index in [0.717, 1.165) is 37.1 Å². The van der Waals surface area contributed by atoms with Crippen molar-refractivity contribution in [3.63, 3.8) is 0 Å². The summed E-state index contributed by atoms with van der Waals surface area (Å²) in [5.41, 5.74) is 1.64. The van der Waals surface area contributed by atoms with Gasteiger partial charge < -0.3 is 13.6 Å². The van der Waals surface area contributed by atoms with Gasteiger partial charge in [0.25, 0.3) is 5.91 Å². The fourth-order valence-corrected chi connectivity index (χ4v) is 2.36. The molecule has 0 aliphatic heterocycles. The minimum Gasteiger partial charge on any atom is -0.459 e. The number of carbonyl (C=O) groups is 1. The van der Waals surface area contributed by atoms with E-state index >= 15 is 0 Å². The van der Waals surface area contributed by atoms with Gasteiger partial charge in [-0.1, -0.05) is 0 Å². The van der Waals surface area contributed by atoms with E-state index in [-0.39, 0.29) is 17.7 Å². The average Bonchev–Trinajstić information content (AvgIpc) is 3.04. The first-order chi connectivity index (χ1) is 9.78. The van der Waals surface area contributed by atoms with Crippen LogP contribution in [-0.4, -0.2) is 18.0 Å². The number of nitrogens with one attached hydrogen (secondary N) is 1. The molecule has 1 amide bonds. The fourth-order valence-electron chi connectivity index (χ4n) is 2.36. The number of furan rings is 1. The second kappa shape index (κ2) is 5.50. The number of rotatable bonds is 4. The maximum atomic E-state index is 12.1. The predicted molar refractivity (Wildman–Crippen MR) is 70.5 cm³/mol. The van der Waals surface area contributed by atoms with E-state index in [1.807, 2.05) is 0 Å². The van der Waals surface area contributed by atoms with Crippen LogP contribution in [0, 0.1) is 0 Å². The molecule has 2 aromatic rings. The molecule has 0 saturated heterocycles. The van der Waals surface area contributed by atoms with Crippen LogP contribution in [0.2, 0.25) is 0 Å². The molecule has 1 N–H and O–H groups in total. The maximum Gasteiger partial charge on any atom is 0.302 e. The van der Waals surface area contributed by atoms with Crippen LogP contribution >= 0.6 is 0 Å². The van der Waals surface area contributed by atoms with E-state index in [0.29, 0.717) is 12.2 Å². The lowest BCUT2D eigenvalue weighted by atomic mass is 10.0. The van der Waals surface area contributed by atoms with Gasteiger partial charge in [-0.05, 0) is 25.3 Å². The summed E-state index contributed by atoms with van der Waals surface area (Å²) in [4.78, 5) is 16.4. The predicted octanol–water partition coefficient (Wildman–Crippen LogP) is 2.55. The number of amides is 1. The number of aromatic nitrogens is 1. The lowest BCUT2D eigenvalue weighted by Gasteiger charge is -2.05. The first-order valence-corrected chi connectivity index (χ1v) is 6.63. The highest BCUT2D eigenvalue weighted by Gasteiger charge is 2.21. The van der Waals surface area contributed by atoms with Crippen molar-refractivity contribution in [3.8, 4) is 0 Å². The van der Waals surface area contributed by atoms with Crippen LogP contribution in [0.15, 0.2) is 21.2 Å². The normalized spacial score (nSPS) is 14.1. The molecule has 3 rings (SSSR count). The highest BCUT2D eigenvalue weighted by Crippen LogP contribution is 2.24. The molecule has 0 saturated carbocycles. The van der Waals surface area contributed by atoms with Gasteiger partial charge in [-0.15, -0.1) is 0 Å². The van der Waals surface area contributed by atoms with Gasteiger partial charge in [0.1, 0.15) is 5.76 Å². The molecule has 6 nitrogen and oxygen atoms in total. The smallest absolute Gasteiger partial charge is 0.302 e. The zero-order valence-electron chi connectivity index (χ0n) is 11.3. The Kier molecular flexibility index (Phi) is 3.56. The first kappa shape index (κ1) is 12.9.